The summed E-state index contributed by atoms with van der Waals surface area (Å²) in [6, 6.07) is 1.94. The maximum Gasteiger partial charge on any atom is 0.267 e. The van der Waals surface area contributed by atoms with E-state index in [1.54, 1.807) is 0 Å². The summed E-state index contributed by atoms with van der Waals surface area (Å²) in [5.74, 6) is -0.0756. The van der Waals surface area contributed by atoms with Crippen molar-refractivity contribution >= 4 is 35.9 Å². The number of nitrogens with one attached hydrogen (secondary N) is 3. The topological polar surface area (TPSA) is 150 Å². The number of carbonyl (C=O) groups excluding carboxylic acids is 1. The van der Waals surface area contributed by atoms with Crippen molar-refractivity contribution in [2.75, 3.05) is 59.8 Å². The standard InChI is InChI=1S/C17H22F2N8O.C5H5N3O.C2H2/c18-17(19)3-4-27(10-17)16-22-14(20-13-9-12(24-25-13)11-1-2-11)21-15(23-16)26-5-7-28-8-6-26;9-4-8-5-3-6-1-2-7-5;1-2/h9,11H,1-8,10H2,(H2,20,21,22,23,24,25);1-4H,(H,7,8,9);1-2H. The Morgan fingerprint density at radius 1 is 1.05 bits per heavy atom. The Hall–Kier alpha value is -4.45. The lowest BCUT2D eigenvalue weighted by Gasteiger charge is -2.27. The molecule has 3 N–H and O–H groups in total. The first-order valence-corrected chi connectivity index (χ1v) is 12.3. The molecule has 5 heterocycles. The van der Waals surface area contributed by atoms with E-state index in [0.717, 1.165) is 5.69 Å². The number of alkyl halides is 2. The Bertz CT molecular complexity index is 1230. The van der Waals surface area contributed by atoms with Crippen LogP contribution in [0.2, 0.25) is 0 Å². The minimum atomic E-state index is -2.72. The van der Waals surface area contributed by atoms with Crippen molar-refractivity contribution in [3.63, 3.8) is 0 Å². The van der Waals surface area contributed by atoms with Crippen molar-refractivity contribution in [2.45, 2.75) is 31.1 Å². The van der Waals surface area contributed by atoms with Crippen LogP contribution in [0.5, 0.6) is 0 Å². The number of hydrogen-bond acceptors (Lipinski definition) is 11. The van der Waals surface area contributed by atoms with Gasteiger partial charge in [0.25, 0.3) is 5.92 Å². The average Bonchev–Trinajstić information content (AvgIpc) is 3.61. The number of aromatic amines is 1. The summed E-state index contributed by atoms with van der Waals surface area (Å²) in [5, 5.41) is 12.7. The lowest BCUT2D eigenvalue weighted by atomic mass is 10.3. The predicted molar refractivity (Wildman–Crippen MR) is 140 cm³/mol. The fourth-order valence-electron chi connectivity index (χ4n) is 3.92. The van der Waals surface area contributed by atoms with E-state index in [9.17, 15) is 13.6 Å². The molecule has 13 nitrogen and oxygen atoms in total. The molecule has 3 aromatic heterocycles. The molecule has 3 fully saturated rings. The molecule has 0 atom stereocenters. The van der Waals surface area contributed by atoms with Gasteiger partial charge in [-0.05, 0) is 12.8 Å². The Kier molecular flexibility index (Phi) is 9.10. The number of amides is 1. The molecule has 0 aromatic carbocycles. The van der Waals surface area contributed by atoms with Crippen molar-refractivity contribution in [3.8, 4) is 12.8 Å². The number of rotatable bonds is 7. The van der Waals surface area contributed by atoms with E-state index in [4.69, 9.17) is 4.74 Å². The van der Waals surface area contributed by atoms with Crippen molar-refractivity contribution in [1.82, 2.24) is 35.1 Å². The van der Waals surface area contributed by atoms with Gasteiger partial charge in [0.2, 0.25) is 24.3 Å². The molecule has 39 heavy (non-hydrogen) atoms. The Balaban J connectivity index is 0.000000272. The molecule has 2 saturated heterocycles. The van der Waals surface area contributed by atoms with Crippen LogP contribution >= 0.6 is 0 Å². The van der Waals surface area contributed by atoms with Crippen molar-refractivity contribution in [2.24, 2.45) is 0 Å². The zero-order chi connectivity index (χ0) is 27.7. The largest absolute Gasteiger partial charge is 0.378 e. The smallest absolute Gasteiger partial charge is 0.267 e. The van der Waals surface area contributed by atoms with Crippen molar-refractivity contribution < 1.29 is 18.3 Å². The molecular formula is C24H29F2N11O2. The van der Waals surface area contributed by atoms with E-state index in [2.05, 4.69) is 58.6 Å². The van der Waals surface area contributed by atoms with Crippen LogP contribution in [0.4, 0.5) is 38.3 Å². The first kappa shape index (κ1) is 27.6. The van der Waals surface area contributed by atoms with E-state index in [1.165, 1.54) is 36.3 Å². The third kappa shape index (κ3) is 7.77. The second-order valence-corrected chi connectivity index (χ2v) is 8.85. The minimum absolute atomic E-state index is 0.196. The number of anilines is 5. The number of terminal acetylenes is 1. The maximum absolute atomic E-state index is 13.7. The SMILES string of the molecule is C#C.FC1(F)CCN(c2nc(Nc3cc(C4CC4)[nH]n3)nc(N3CCOCC3)n2)C1.O=CNc1cnccn1. The van der Waals surface area contributed by atoms with Gasteiger partial charge in [-0.25, -0.2) is 13.8 Å². The normalized spacial score (nSPS) is 17.7. The predicted octanol–water partition coefficient (Wildman–Crippen LogP) is 2.19. The maximum atomic E-state index is 13.7. The molecule has 2 aliphatic heterocycles. The van der Waals surface area contributed by atoms with E-state index in [0.29, 0.717) is 62.2 Å². The molecule has 3 aliphatic rings. The summed E-state index contributed by atoms with van der Waals surface area (Å²) in [6.07, 6.45) is 15.2. The van der Waals surface area contributed by atoms with Crippen LogP contribution in [0.3, 0.4) is 0 Å². The minimum Gasteiger partial charge on any atom is -0.378 e. The summed E-state index contributed by atoms with van der Waals surface area (Å²) in [5.41, 5.74) is 1.09. The summed E-state index contributed by atoms with van der Waals surface area (Å²) < 4.78 is 32.8. The van der Waals surface area contributed by atoms with Gasteiger partial charge in [0.1, 0.15) is 0 Å². The number of nitrogens with zero attached hydrogens (tertiary/aromatic N) is 8. The molecule has 206 valence electrons. The lowest BCUT2D eigenvalue weighted by molar-refractivity contribution is -0.105. The summed E-state index contributed by atoms with van der Waals surface area (Å²) in [6.45, 7) is 2.28. The highest BCUT2D eigenvalue weighted by molar-refractivity contribution is 5.67. The van der Waals surface area contributed by atoms with Gasteiger partial charge < -0.3 is 25.2 Å². The van der Waals surface area contributed by atoms with Gasteiger partial charge >= 0.3 is 0 Å². The number of carbonyl (C=O) groups is 1. The highest BCUT2D eigenvalue weighted by atomic mass is 19.3. The molecule has 6 rings (SSSR count). The molecule has 0 spiro atoms. The Labute approximate surface area is 223 Å². The van der Waals surface area contributed by atoms with Crippen LogP contribution in [0.1, 0.15) is 30.9 Å². The van der Waals surface area contributed by atoms with Crippen LogP contribution in [0.15, 0.2) is 24.7 Å². The zero-order valence-electron chi connectivity index (χ0n) is 21.1. The lowest BCUT2D eigenvalue weighted by Crippen LogP contribution is -2.38. The van der Waals surface area contributed by atoms with Gasteiger partial charge in [-0.15, -0.1) is 12.8 Å². The van der Waals surface area contributed by atoms with Gasteiger partial charge in [0.05, 0.1) is 26.0 Å². The fourth-order valence-corrected chi connectivity index (χ4v) is 3.92. The van der Waals surface area contributed by atoms with Crippen LogP contribution in [0.25, 0.3) is 0 Å². The number of hydrogen-bond donors (Lipinski definition) is 3. The third-order valence-corrected chi connectivity index (χ3v) is 5.98. The first-order chi connectivity index (χ1) is 19.0. The molecule has 1 amide bonds. The second kappa shape index (κ2) is 12.9. The van der Waals surface area contributed by atoms with E-state index < -0.39 is 5.92 Å². The van der Waals surface area contributed by atoms with E-state index in [-0.39, 0.29) is 25.5 Å². The van der Waals surface area contributed by atoms with Crippen LogP contribution < -0.4 is 20.4 Å². The molecule has 1 aliphatic carbocycles. The molecule has 15 heteroatoms. The molecule has 3 aromatic rings. The molecule has 1 saturated carbocycles. The van der Waals surface area contributed by atoms with Crippen LogP contribution in [-0.4, -0.2) is 86.8 Å². The van der Waals surface area contributed by atoms with Gasteiger partial charge in [0.15, 0.2) is 11.6 Å². The highest BCUT2D eigenvalue weighted by Crippen LogP contribution is 2.39. The van der Waals surface area contributed by atoms with Crippen molar-refractivity contribution in [1.29, 1.82) is 0 Å². The van der Waals surface area contributed by atoms with Crippen molar-refractivity contribution in [3.05, 3.63) is 30.4 Å². The van der Waals surface area contributed by atoms with E-state index in [1.807, 2.05) is 11.0 Å². The third-order valence-electron chi connectivity index (χ3n) is 5.98. The number of morpholine rings is 1. The molecular weight excluding hydrogens is 512 g/mol. The highest BCUT2D eigenvalue weighted by Gasteiger charge is 2.39. The average molecular weight is 542 g/mol. The second-order valence-electron chi connectivity index (χ2n) is 8.85. The fraction of sp³-hybridized carbons (Fsp3) is 0.458. The number of H-pyrrole nitrogens is 1. The number of aromatic nitrogens is 7. The zero-order valence-corrected chi connectivity index (χ0v) is 21.1. The number of halogens is 2. The summed E-state index contributed by atoms with van der Waals surface area (Å²) in [7, 11) is 0. The first-order valence-electron chi connectivity index (χ1n) is 12.3. The Morgan fingerprint density at radius 3 is 2.41 bits per heavy atom. The number of ether oxygens (including phenoxy) is 1. The van der Waals surface area contributed by atoms with Crippen LogP contribution in [0, 0.1) is 12.8 Å². The molecule has 0 radical (unpaired) electrons. The van der Waals surface area contributed by atoms with Gasteiger partial charge in [0, 0.05) is 56.1 Å². The summed E-state index contributed by atoms with van der Waals surface area (Å²) in [4.78, 5) is 34.1. The Morgan fingerprint density at radius 2 is 1.79 bits per heavy atom. The van der Waals surface area contributed by atoms with Crippen LogP contribution in [-0.2, 0) is 9.53 Å². The quantitative estimate of drug-likeness (QED) is 0.298. The van der Waals surface area contributed by atoms with Gasteiger partial charge in [-0.2, -0.15) is 20.1 Å². The van der Waals surface area contributed by atoms with E-state index >= 15 is 0 Å². The summed E-state index contributed by atoms with van der Waals surface area (Å²) >= 11 is 0. The van der Waals surface area contributed by atoms with Gasteiger partial charge in [-0.3, -0.25) is 14.9 Å². The molecule has 0 bridgehead atoms. The van der Waals surface area contributed by atoms with Gasteiger partial charge in [-0.1, -0.05) is 0 Å². The monoisotopic (exact) mass is 541 g/mol. The molecule has 0 unspecified atom stereocenters.